The Balaban J connectivity index is 1.28. The maximum absolute atomic E-state index is 14.1. The van der Waals surface area contributed by atoms with Crippen molar-refractivity contribution in [3.05, 3.63) is 168 Å². The normalized spacial score (nSPS) is 11.9. The summed E-state index contributed by atoms with van der Waals surface area (Å²) in [6.07, 6.45) is 0. The van der Waals surface area contributed by atoms with Crippen LogP contribution in [0.2, 0.25) is 0 Å². The van der Waals surface area contributed by atoms with E-state index in [1.54, 1.807) is 0 Å². The third-order valence-corrected chi connectivity index (χ3v) is 9.50. The Labute approximate surface area is 268 Å². The zero-order chi connectivity index (χ0) is 31.1. The van der Waals surface area contributed by atoms with Crippen LogP contribution < -0.4 is 5.43 Å². The van der Waals surface area contributed by atoms with Crippen molar-refractivity contribution in [3.8, 4) is 22.5 Å². The molecule has 0 aliphatic heterocycles. The highest BCUT2D eigenvalue weighted by atomic mass is 16.3. The predicted octanol–water partition coefficient (Wildman–Crippen LogP) is 10.8. The Morgan fingerprint density at radius 1 is 0.404 bits per heavy atom. The fourth-order valence-electron chi connectivity index (χ4n) is 7.42. The van der Waals surface area contributed by atoms with Gasteiger partial charge in [-0.05, 0) is 71.8 Å². The molecule has 0 saturated carbocycles. The molecule has 0 aliphatic carbocycles. The van der Waals surface area contributed by atoms with Gasteiger partial charge in [0, 0.05) is 32.9 Å². The fourth-order valence-corrected chi connectivity index (χ4v) is 7.42. The van der Waals surface area contributed by atoms with Crippen molar-refractivity contribution < 1.29 is 4.42 Å². The lowest BCUT2D eigenvalue weighted by molar-refractivity contribution is 0.660. The summed E-state index contributed by atoms with van der Waals surface area (Å²) in [4.78, 5) is 14.1. The molecule has 3 aromatic heterocycles. The maximum Gasteiger partial charge on any atom is 0.200 e. The number of benzene rings is 7. The van der Waals surface area contributed by atoms with Crippen molar-refractivity contribution in [2.24, 2.45) is 0 Å². The third-order valence-electron chi connectivity index (χ3n) is 9.50. The summed E-state index contributed by atoms with van der Waals surface area (Å²) in [7, 11) is 0. The summed E-state index contributed by atoms with van der Waals surface area (Å²) < 4.78 is 11.1. The van der Waals surface area contributed by atoms with Crippen LogP contribution in [0.3, 0.4) is 0 Å². The first kappa shape index (κ1) is 25.9. The van der Waals surface area contributed by atoms with Crippen LogP contribution >= 0.6 is 0 Å². The van der Waals surface area contributed by atoms with Gasteiger partial charge in [0.05, 0.1) is 32.8 Å². The average Bonchev–Trinajstić information content (AvgIpc) is 3.65. The van der Waals surface area contributed by atoms with E-state index in [0.29, 0.717) is 21.9 Å². The van der Waals surface area contributed by atoms with Crippen LogP contribution in [0, 0.1) is 0 Å². The van der Waals surface area contributed by atoms with E-state index in [1.165, 1.54) is 21.5 Å². The van der Waals surface area contributed by atoms with Gasteiger partial charge in [-0.1, -0.05) is 97.1 Å². The fraction of sp³-hybridized carbons (Fsp3) is 0. The number of rotatable bonds is 3. The van der Waals surface area contributed by atoms with Gasteiger partial charge in [0.25, 0.3) is 0 Å². The second-order valence-electron chi connectivity index (χ2n) is 12.1. The Hall–Kier alpha value is -6.39. The molecule has 220 valence electrons. The molecule has 47 heavy (non-hydrogen) atoms. The van der Waals surface area contributed by atoms with E-state index in [4.69, 9.17) is 4.42 Å². The summed E-state index contributed by atoms with van der Waals surface area (Å²) in [6.45, 7) is 0. The minimum Gasteiger partial charge on any atom is -0.456 e. The highest BCUT2D eigenvalue weighted by molar-refractivity contribution is 6.26. The molecule has 4 heteroatoms. The molecule has 7 aromatic carbocycles. The van der Waals surface area contributed by atoms with Gasteiger partial charge < -0.3 is 13.6 Å². The molecule has 4 nitrogen and oxygen atoms in total. The van der Waals surface area contributed by atoms with Crippen LogP contribution in [0.1, 0.15) is 0 Å². The van der Waals surface area contributed by atoms with Crippen molar-refractivity contribution in [2.75, 3.05) is 0 Å². The van der Waals surface area contributed by atoms with Gasteiger partial charge >= 0.3 is 0 Å². The number of fused-ring (bicyclic) bond motifs is 9. The van der Waals surface area contributed by atoms with Gasteiger partial charge in [0.15, 0.2) is 0 Å². The molecule has 0 unspecified atom stereocenters. The standard InChI is InChI=1S/C43H26N2O2/c46-43-34-21-19-28(27-11-3-1-4-12-27)25-40(34)47-39-24-20-30(26-35(39)43)45-36-17-9-7-15-31(36)32-22-23-38-41(42(32)45)33-16-8-10-18-37(33)44(38)29-13-5-2-6-14-29/h1-26H. The SMILES string of the molecule is O=c1c2ccc(-c3ccccc3)cc2oc2ccc(-n3c4ccccc4c4ccc5c(c6ccccc6n5-c5ccccc5)c43)cc12. The molecule has 0 N–H and O–H groups in total. The summed E-state index contributed by atoms with van der Waals surface area (Å²) in [5, 5.41) is 5.83. The number of hydrogen-bond acceptors (Lipinski definition) is 2. The molecular weight excluding hydrogens is 576 g/mol. The number of para-hydroxylation sites is 3. The van der Waals surface area contributed by atoms with E-state index >= 15 is 0 Å². The van der Waals surface area contributed by atoms with E-state index in [-0.39, 0.29) is 5.43 Å². The number of aromatic nitrogens is 2. The topological polar surface area (TPSA) is 40.1 Å². The van der Waals surface area contributed by atoms with Gasteiger partial charge in [0.2, 0.25) is 5.43 Å². The summed E-state index contributed by atoms with van der Waals surface area (Å²) in [6, 6.07) is 54.1. The van der Waals surface area contributed by atoms with Crippen LogP contribution in [0.5, 0.6) is 0 Å². The van der Waals surface area contributed by atoms with Crippen LogP contribution in [-0.4, -0.2) is 9.13 Å². The van der Waals surface area contributed by atoms with Crippen molar-refractivity contribution in [3.63, 3.8) is 0 Å². The van der Waals surface area contributed by atoms with Crippen LogP contribution in [0.25, 0.3) is 88.1 Å². The molecule has 0 fully saturated rings. The summed E-state index contributed by atoms with van der Waals surface area (Å²) in [5.41, 5.74) is 9.75. The largest absolute Gasteiger partial charge is 0.456 e. The molecule has 10 aromatic rings. The second kappa shape index (κ2) is 9.80. The van der Waals surface area contributed by atoms with Crippen LogP contribution in [0.15, 0.2) is 167 Å². The van der Waals surface area contributed by atoms with E-state index < -0.39 is 0 Å². The molecule has 3 heterocycles. The Bertz CT molecular complexity index is 2910. The molecule has 0 aliphatic rings. The zero-order valence-corrected chi connectivity index (χ0v) is 25.2. The van der Waals surface area contributed by atoms with E-state index in [1.807, 2.05) is 48.5 Å². The smallest absolute Gasteiger partial charge is 0.200 e. The molecule has 0 radical (unpaired) electrons. The van der Waals surface area contributed by atoms with Gasteiger partial charge in [-0.3, -0.25) is 4.79 Å². The van der Waals surface area contributed by atoms with E-state index in [9.17, 15) is 4.79 Å². The maximum atomic E-state index is 14.1. The molecule has 10 rings (SSSR count). The first-order valence-corrected chi connectivity index (χ1v) is 15.8. The summed E-state index contributed by atoms with van der Waals surface area (Å²) in [5.74, 6) is 0. The highest BCUT2D eigenvalue weighted by Crippen LogP contribution is 2.42. The summed E-state index contributed by atoms with van der Waals surface area (Å²) >= 11 is 0. The highest BCUT2D eigenvalue weighted by Gasteiger charge is 2.21. The average molecular weight is 603 g/mol. The lowest BCUT2D eigenvalue weighted by atomic mass is 10.0. The minimum atomic E-state index is -0.0330. The van der Waals surface area contributed by atoms with Crippen molar-refractivity contribution >= 4 is 65.6 Å². The van der Waals surface area contributed by atoms with Gasteiger partial charge in [-0.2, -0.15) is 0 Å². The number of nitrogens with zero attached hydrogens (tertiary/aromatic N) is 2. The van der Waals surface area contributed by atoms with Crippen molar-refractivity contribution in [1.82, 2.24) is 9.13 Å². The van der Waals surface area contributed by atoms with Gasteiger partial charge in [0.1, 0.15) is 11.2 Å². The van der Waals surface area contributed by atoms with Gasteiger partial charge in [-0.15, -0.1) is 0 Å². The first-order chi connectivity index (χ1) is 23.2. The van der Waals surface area contributed by atoms with Crippen LogP contribution in [0.4, 0.5) is 0 Å². The quantitative estimate of drug-likeness (QED) is 0.189. The van der Waals surface area contributed by atoms with Gasteiger partial charge in [-0.25, -0.2) is 0 Å². The predicted molar refractivity (Wildman–Crippen MR) is 194 cm³/mol. The molecule has 0 bridgehead atoms. The second-order valence-corrected chi connectivity index (χ2v) is 12.1. The Morgan fingerprint density at radius 2 is 1.09 bits per heavy atom. The minimum absolute atomic E-state index is 0.0330. The lowest BCUT2D eigenvalue weighted by Gasteiger charge is -2.11. The van der Waals surface area contributed by atoms with Crippen molar-refractivity contribution in [1.29, 1.82) is 0 Å². The first-order valence-electron chi connectivity index (χ1n) is 15.8. The number of hydrogen-bond donors (Lipinski definition) is 0. The molecule has 0 amide bonds. The van der Waals surface area contributed by atoms with Crippen LogP contribution in [-0.2, 0) is 0 Å². The zero-order valence-electron chi connectivity index (χ0n) is 25.2. The Morgan fingerprint density at radius 3 is 1.89 bits per heavy atom. The molecule has 0 saturated heterocycles. The third kappa shape index (κ3) is 3.73. The van der Waals surface area contributed by atoms with E-state index in [0.717, 1.165) is 44.6 Å². The molecule has 0 spiro atoms. The van der Waals surface area contributed by atoms with E-state index in [2.05, 4.69) is 118 Å². The van der Waals surface area contributed by atoms with Crippen molar-refractivity contribution in [2.45, 2.75) is 0 Å². The molecule has 0 atom stereocenters. The lowest BCUT2D eigenvalue weighted by Crippen LogP contribution is -2.04. The monoisotopic (exact) mass is 602 g/mol. The molecular formula is C43H26N2O2. The Kier molecular flexibility index (Phi) is 5.40.